The fourth-order valence-electron chi connectivity index (χ4n) is 1.86. The lowest BCUT2D eigenvalue weighted by atomic mass is 10.2. The molecule has 0 radical (unpaired) electrons. The van der Waals surface area contributed by atoms with E-state index in [9.17, 15) is 4.79 Å². The third-order valence-electron chi connectivity index (χ3n) is 2.83. The summed E-state index contributed by atoms with van der Waals surface area (Å²) >= 11 is 0. The predicted molar refractivity (Wildman–Crippen MR) is 75.4 cm³/mol. The highest BCUT2D eigenvalue weighted by Crippen LogP contribution is 2.19. The maximum Gasteiger partial charge on any atom is 0.280 e. The number of carbonyl (C=O) groups excluding carboxylic acids is 1. The normalized spacial score (nSPS) is 10.5. The topological polar surface area (TPSA) is 81.6 Å². The quantitative estimate of drug-likeness (QED) is 0.845. The van der Waals surface area contributed by atoms with Crippen molar-refractivity contribution in [1.82, 2.24) is 5.16 Å². The SMILES string of the molecule is CCN(C(=O)c1cc(COC)on1)c1ccc(N)cc1. The highest BCUT2D eigenvalue weighted by atomic mass is 16.5. The summed E-state index contributed by atoms with van der Waals surface area (Å²) in [5.41, 5.74) is 7.33. The standard InChI is InChI=1S/C14H17N3O3/c1-3-17(11-6-4-10(15)5-7-11)14(18)13-8-12(9-19-2)20-16-13/h4-8H,3,9,15H2,1-2H3. The van der Waals surface area contributed by atoms with Gasteiger partial charge in [-0.3, -0.25) is 4.79 Å². The number of hydrogen-bond donors (Lipinski definition) is 1. The maximum absolute atomic E-state index is 12.4. The summed E-state index contributed by atoms with van der Waals surface area (Å²) in [6.45, 7) is 2.70. The first kappa shape index (κ1) is 14.1. The molecule has 0 aliphatic carbocycles. The van der Waals surface area contributed by atoms with Gasteiger partial charge in [0.15, 0.2) is 11.5 Å². The van der Waals surface area contributed by atoms with Crippen LogP contribution in [0.2, 0.25) is 0 Å². The van der Waals surface area contributed by atoms with Gasteiger partial charge < -0.3 is 19.9 Å². The number of methoxy groups -OCH3 is 1. The summed E-state index contributed by atoms with van der Waals surface area (Å²) in [6.07, 6.45) is 0. The third kappa shape index (κ3) is 2.97. The molecule has 1 heterocycles. The Kier molecular flexibility index (Phi) is 4.37. The highest BCUT2D eigenvalue weighted by molar-refractivity contribution is 6.04. The van der Waals surface area contributed by atoms with Crippen LogP contribution in [0, 0.1) is 0 Å². The van der Waals surface area contributed by atoms with Crippen LogP contribution >= 0.6 is 0 Å². The molecule has 0 spiro atoms. The Morgan fingerprint density at radius 2 is 2.10 bits per heavy atom. The molecule has 2 aromatic rings. The highest BCUT2D eigenvalue weighted by Gasteiger charge is 2.20. The summed E-state index contributed by atoms with van der Waals surface area (Å²) in [6, 6.07) is 8.69. The molecule has 0 atom stereocenters. The summed E-state index contributed by atoms with van der Waals surface area (Å²) in [4.78, 5) is 14.0. The van der Waals surface area contributed by atoms with Crippen molar-refractivity contribution >= 4 is 17.3 Å². The van der Waals surface area contributed by atoms with E-state index in [1.807, 2.05) is 6.92 Å². The van der Waals surface area contributed by atoms with Crippen LogP contribution in [0.15, 0.2) is 34.9 Å². The van der Waals surface area contributed by atoms with Gasteiger partial charge in [-0.1, -0.05) is 5.16 Å². The number of nitrogens with zero attached hydrogens (tertiary/aromatic N) is 2. The molecular formula is C14H17N3O3. The van der Waals surface area contributed by atoms with Crippen LogP contribution in [0.3, 0.4) is 0 Å². The maximum atomic E-state index is 12.4. The van der Waals surface area contributed by atoms with Crippen LogP contribution in [0.4, 0.5) is 11.4 Å². The van der Waals surface area contributed by atoms with Crippen molar-refractivity contribution in [3.8, 4) is 0 Å². The molecule has 0 fully saturated rings. The first-order chi connectivity index (χ1) is 9.65. The molecule has 2 N–H and O–H groups in total. The lowest BCUT2D eigenvalue weighted by Gasteiger charge is -2.19. The predicted octanol–water partition coefficient (Wildman–Crippen LogP) is 2.07. The van der Waals surface area contributed by atoms with Crippen molar-refractivity contribution in [2.24, 2.45) is 0 Å². The number of carbonyl (C=O) groups is 1. The molecule has 1 amide bonds. The largest absolute Gasteiger partial charge is 0.399 e. The second kappa shape index (κ2) is 6.21. The summed E-state index contributed by atoms with van der Waals surface area (Å²) in [5.74, 6) is 0.299. The summed E-state index contributed by atoms with van der Waals surface area (Å²) in [5, 5.41) is 3.78. The van der Waals surface area contributed by atoms with E-state index in [4.69, 9.17) is 15.0 Å². The number of nitrogens with two attached hydrogens (primary N) is 1. The second-order valence-corrected chi connectivity index (χ2v) is 4.25. The van der Waals surface area contributed by atoms with Gasteiger partial charge in [-0.25, -0.2) is 0 Å². The van der Waals surface area contributed by atoms with Crippen molar-refractivity contribution in [3.63, 3.8) is 0 Å². The zero-order valence-electron chi connectivity index (χ0n) is 11.5. The average Bonchev–Trinajstić information content (AvgIpc) is 2.90. The van der Waals surface area contributed by atoms with Crippen LogP contribution < -0.4 is 10.6 Å². The molecule has 0 aliphatic heterocycles. The van der Waals surface area contributed by atoms with E-state index in [2.05, 4.69) is 5.16 Å². The molecule has 2 rings (SSSR count). The van der Waals surface area contributed by atoms with Crippen LogP contribution in [-0.4, -0.2) is 24.7 Å². The molecular weight excluding hydrogens is 258 g/mol. The van der Waals surface area contributed by atoms with Gasteiger partial charge >= 0.3 is 0 Å². The minimum Gasteiger partial charge on any atom is -0.399 e. The molecule has 6 heteroatoms. The third-order valence-corrected chi connectivity index (χ3v) is 2.83. The monoisotopic (exact) mass is 275 g/mol. The lowest BCUT2D eigenvalue weighted by Crippen LogP contribution is -2.30. The van der Waals surface area contributed by atoms with Gasteiger partial charge in [0.2, 0.25) is 0 Å². The Morgan fingerprint density at radius 3 is 2.70 bits per heavy atom. The van der Waals surface area contributed by atoms with E-state index in [1.54, 1.807) is 42.3 Å². The zero-order valence-corrected chi connectivity index (χ0v) is 11.5. The Labute approximate surface area is 117 Å². The molecule has 106 valence electrons. The van der Waals surface area contributed by atoms with E-state index in [1.165, 1.54) is 0 Å². The van der Waals surface area contributed by atoms with Gasteiger partial charge in [-0.05, 0) is 31.2 Å². The van der Waals surface area contributed by atoms with Gasteiger partial charge in [0, 0.05) is 31.1 Å². The zero-order chi connectivity index (χ0) is 14.5. The van der Waals surface area contributed by atoms with Gasteiger partial charge in [0.25, 0.3) is 5.91 Å². The summed E-state index contributed by atoms with van der Waals surface area (Å²) in [7, 11) is 1.55. The number of anilines is 2. The van der Waals surface area contributed by atoms with Crippen LogP contribution in [0.25, 0.3) is 0 Å². The van der Waals surface area contributed by atoms with Crippen LogP contribution in [0.1, 0.15) is 23.2 Å². The molecule has 0 unspecified atom stereocenters. The Balaban J connectivity index is 2.21. The van der Waals surface area contributed by atoms with Gasteiger partial charge in [0.1, 0.15) is 6.61 Å². The fraction of sp³-hybridized carbons (Fsp3) is 0.286. The van der Waals surface area contributed by atoms with Gasteiger partial charge in [-0.15, -0.1) is 0 Å². The molecule has 6 nitrogen and oxygen atoms in total. The molecule has 0 saturated heterocycles. The molecule has 0 bridgehead atoms. The van der Waals surface area contributed by atoms with E-state index in [0.29, 0.717) is 18.0 Å². The van der Waals surface area contributed by atoms with Crippen molar-refractivity contribution in [2.75, 3.05) is 24.3 Å². The Hall–Kier alpha value is -2.34. The van der Waals surface area contributed by atoms with Crippen molar-refractivity contribution in [2.45, 2.75) is 13.5 Å². The molecule has 20 heavy (non-hydrogen) atoms. The number of benzene rings is 1. The van der Waals surface area contributed by atoms with E-state index in [-0.39, 0.29) is 18.2 Å². The van der Waals surface area contributed by atoms with Crippen LogP contribution in [-0.2, 0) is 11.3 Å². The first-order valence-electron chi connectivity index (χ1n) is 6.27. The minimum absolute atomic E-state index is 0.219. The van der Waals surface area contributed by atoms with E-state index < -0.39 is 0 Å². The number of rotatable bonds is 5. The fourth-order valence-corrected chi connectivity index (χ4v) is 1.86. The van der Waals surface area contributed by atoms with Gasteiger partial charge in [0.05, 0.1) is 0 Å². The number of ether oxygens (including phenoxy) is 1. The van der Waals surface area contributed by atoms with E-state index in [0.717, 1.165) is 5.69 Å². The molecule has 0 saturated carbocycles. The Morgan fingerprint density at radius 1 is 1.40 bits per heavy atom. The van der Waals surface area contributed by atoms with Gasteiger partial charge in [-0.2, -0.15) is 0 Å². The lowest BCUT2D eigenvalue weighted by molar-refractivity contribution is 0.0978. The van der Waals surface area contributed by atoms with Crippen molar-refractivity contribution in [3.05, 3.63) is 41.8 Å². The Bertz CT molecular complexity index is 578. The second-order valence-electron chi connectivity index (χ2n) is 4.25. The van der Waals surface area contributed by atoms with Crippen LogP contribution in [0.5, 0.6) is 0 Å². The van der Waals surface area contributed by atoms with Crippen molar-refractivity contribution < 1.29 is 14.1 Å². The average molecular weight is 275 g/mol. The smallest absolute Gasteiger partial charge is 0.280 e. The first-order valence-corrected chi connectivity index (χ1v) is 6.27. The molecule has 1 aromatic heterocycles. The van der Waals surface area contributed by atoms with Crippen molar-refractivity contribution in [1.29, 1.82) is 0 Å². The minimum atomic E-state index is -0.219. The molecule has 1 aromatic carbocycles. The number of amides is 1. The number of aromatic nitrogens is 1. The number of hydrogen-bond acceptors (Lipinski definition) is 5. The number of nitrogen functional groups attached to an aromatic ring is 1. The van der Waals surface area contributed by atoms with E-state index >= 15 is 0 Å². The summed E-state index contributed by atoms with van der Waals surface area (Å²) < 4.78 is 9.97. The molecule has 0 aliphatic rings.